The minimum Gasteiger partial charge on any atom is -0.377 e. The van der Waals surface area contributed by atoms with Gasteiger partial charge in [-0.1, -0.05) is 87.7 Å². The molecule has 2 atom stereocenters. The van der Waals surface area contributed by atoms with Crippen LogP contribution in [-0.4, -0.2) is 70.4 Å². The van der Waals surface area contributed by atoms with Crippen LogP contribution < -0.4 is 16.0 Å². The molecule has 1 unspecified atom stereocenters. The van der Waals surface area contributed by atoms with E-state index in [1.807, 2.05) is 49.1 Å². The third-order valence-corrected chi connectivity index (χ3v) is 7.43. The van der Waals surface area contributed by atoms with E-state index in [1.165, 1.54) is 37.2 Å². The number of amides is 2. The van der Waals surface area contributed by atoms with Crippen LogP contribution in [-0.2, 0) is 9.59 Å². The average molecular weight is 563 g/mol. The number of hydrogen-bond donors (Lipinski definition) is 4. The molecule has 1 aliphatic carbocycles. The van der Waals surface area contributed by atoms with E-state index in [0.29, 0.717) is 13.0 Å². The summed E-state index contributed by atoms with van der Waals surface area (Å²) < 4.78 is 3.84. The Balaban J connectivity index is 0.000000328. The maximum absolute atomic E-state index is 12.3. The highest BCUT2D eigenvalue weighted by atomic mass is 32.1. The summed E-state index contributed by atoms with van der Waals surface area (Å²) in [6.07, 6.45) is 8.62. The summed E-state index contributed by atoms with van der Waals surface area (Å²) in [7, 11) is 1.73. The molecule has 39 heavy (non-hydrogen) atoms. The topological polar surface area (TPSA) is 119 Å². The molecular weight excluding hydrogens is 512 g/mol. The van der Waals surface area contributed by atoms with Crippen molar-refractivity contribution in [1.29, 1.82) is 0 Å². The van der Waals surface area contributed by atoms with Crippen molar-refractivity contribution in [3.63, 3.8) is 0 Å². The molecule has 9 nitrogen and oxygen atoms in total. The fourth-order valence-corrected chi connectivity index (χ4v) is 4.63. The minimum absolute atomic E-state index is 0.0232. The molecule has 0 radical (unpaired) electrons. The maximum atomic E-state index is 12.3. The fourth-order valence-electron chi connectivity index (χ4n) is 4.05. The lowest BCUT2D eigenvalue weighted by molar-refractivity contribution is -0.136. The van der Waals surface area contributed by atoms with Gasteiger partial charge in [-0.2, -0.15) is 0 Å². The first-order valence-corrected chi connectivity index (χ1v) is 15.1. The number of benzene rings is 1. The van der Waals surface area contributed by atoms with Crippen molar-refractivity contribution in [2.24, 2.45) is 5.92 Å². The lowest BCUT2D eigenvalue weighted by atomic mass is 10.1. The van der Waals surface area contributed by atoms with Crippen molar-refractivity contribution >= 4 is 28.3 Å². The zero-order valence-corrected chi connectivity index (χ0v) is 25.5. The lowest BCUT2D eigenvalue weighted by Crippen LogP contribution is -2.52. The fraction of sp³-hybridized carbons (Fsp3) is 0.655. The van der Waals surface area contributed by atoms with E-state index in [9.17, 15) is 9.59 Å². The second kappa shape index (κ2) is 20.4. The van der Waals surface area contributed by atoms with Crippen LogP contribution >= 0.6 is 11.5 Å². The third-order valence-electron chi connectivity index (χ3n) is 6.74. The maximum Gasteiger partial charge on any atom is 0.245 e. The highest BCUT2D eigenvalue weighted by Crippen LogP contribution is 2.27. The summed E-state index contributed by atoms with van der Waals surface area (Å²) in [5.41, 5.74) is 1.78. The van der Waals surface area contributed by atoms with Crippen molar-refractivity contribution in [3.05, 3.63) is 30.3 Å². The van der Waals surface area contributed by atoms with E-state index in [-0.39, 0.29) is 24.6 Å². The highest BCUT2D eigenvalue weighted by Gasteiger charge is 2.24. The number of carbonyl (C=O) groups excluding carboxylic acids is 2. The highest BCUT2D eigenvalue weighted by molar-refractivity contribution is 7.10. The second-order valence-electron chi connectivity index (χ2n) is 9.79. The molecule has 0 bridgehead atoms. The number of unbranched alkanes of at least 4 members (excludes halogenated alkanes) is 1. The normalized spacial score (nSPS) is 14.2. The number of aliphatic hydroxyl groups excluding tert-OH is 1. The molecule has 1 saturated carbocycles. The summed E-state index contributed by atoms with van der Waals surface area (Å²) in [6, 6.07) is 9.04. The molecule has 10 heteroatoms. The van der Waals surface area contributed by atoms with Crippen LogP contribution in [0.5, 0.6) is 0 Å². The number of aromatic nitrogens is 2. The molecule has 1 fully saturated rings. The zero-order chi connectivity index (χ0) is 29.0. The standard InChI is InChI=1S/C14H29N3O2.C9H9N3OS.C6H12/c1-6-9-10-17(8-3)14(19)12(7-2)16-13(18)11(4)15-5;13-6-10-9-8(11-12-14-9)7-4-2-1-3-5-7;1-6-4-2-3-5-6/h11-12,15H,6-10H2,1-5H3,(H,16,18);1-5,10,13H,6H2;6H,2-5H2,1H3/t11-,12?;;/m0../s1. The van der Waals surface area contributed by atoms with Crippen molar-refractivity contribution in [2.75, 3.05) is 32.2 Å². The number of aliphatic hydroxyl groups is 1. The van der Waals surface area contributed by atoms with Crippen LogP contribution in [0.25, 0.3) is 11.3 Å². The summed E-state index contributed by atoms with van der Waals surface area (Å²) in [4.78, 5) is 26.0. The van der Waals surface area contributed by atoms with Gasteiger partial charge in [0.25, 0.3) is 0 Å². The molecular formula is C29H50N6O3S. The molecule has 1 heterocycles. The molecule has 1 aromatic carbocycles. The van der Waals surface area contributed by atoms with E-state index in [0.717, 1.165) is 41.6 Å². The van der Waals surface area contributed by atoms with Gasteiger partial charge in [-0.15, -0.1) is 5.10 Å². The van der Waals surface area contributed by atoms with E-state index in [4.69, 9.17) is 5.11 Å². The molecule has 2 amide bonds. The Hall–Kier alpha value is -2.56. The molecule has 4 N–H and O–H groups in total. The first-order valence-electron chi connectivity index (χ1n) is 14.3. The van der Waals surface area contributed by atoms with Crippen LogP contribution in [0.1, 0.15) is 79.6 Å². The Labute approximate surface area is 239 Å². The van der Waals surface area contributed by atoms with E-state index in [2.05, 4.69) is 39.4 Å². The quantitative estimate of drug-likeness (QED) is 0.272. The first-order chi connectivity index (χ1) is 18.8. The Kier molecular flexibility index (Phi) is 18.0. The SMILES string of the molecule is CC1CCCC1.CCCCN(CC)C(=O)C(CC)NC(=O)[C@H](C)NC.OCNc1snnc1-c1ccccc1. The van der Waals surface area contributed by atoms with Crippen LogP contribution in [0, 0.1) is 5.92 Å². The van der Waals surface area contributed by atoms with Crippen LogP contribution in [0.4, 0.5) is 5.00 Å². The summed E-state index contributed by atoms with van der Waals surface area (Å²) in [6.45, 7) is 11.5. The molecule has 220 valence electrons. The largest absolute Gasteiger partial charge is 0.377 e. The van der Waals surface area contributed by atoms with Gasteiger partial charge in [0.2, 0.25) is 11.8 Å². The zero-order valence-electron chi connectivity index (χ0n) is 24.7. The van der Waals surface area contributed by atoms with Gasteiger partial charge in [0.05, 0.1) is 6.04 Å². The molecule has 0 spiro atoms. The minimum atomic E-state index is -0.417. The van der Waals surface area contributed by atoms with Gasteiger partial charge >= 0.3 is 0 Å². The average Bonchev–Trinajstić information content (AvgIpc) is 3.64. The first kappa shape index (κ1) is 34.5. The molecule has 3 rings (SSSR count). The Morgan fingerprint density at radius 1 is 1.15 bits per heavy atom. The third kappa shape index (κ3) is 12.9. The second-order valence-corrected chi connectivity index (χ2v) is 10.5. The molecule has 0 aliphatic heterocycles. The summed E-state index contributed by atoms with van der Waals surface area (Å²) in [5, 5.41) is 22.0. The number of likely N-dealkylation sites (N-methyl/N-ethyl adjacent to an activating group) is 2. The number of hydrogen-bond acceptors (Lipinski definition) is 8. The number of nitrogens with one attached hydrogen (secondary N) is 3. The predicted octanol–water partition coefficient (Wildman–Crippen LogP) is 4.90. The van der Waals surface area contributed by atoms with Crippen molar-refractivity contribution in [2.45, 2.75) is 91.6 Å². The molecule has 0 saturated heterocycles. The van der Waals surface area contributed by atoms with Gasteiger partial charge in [-0.05, 0) is 39.7 Å². The van der Waals surface area contributed by atoms with Crippen molar-refractivity contribution in [3.8, 4) is 11.3 Å². The van der Waals surface area contributed by atoms with E-state index < -0.39 is 6.04 Å². The van der Waals surface area contributed by atoms with E-state index in [1.54, 1.807) is 14.0 Å². The van der Waals surface area contributed by atoms with Crippen LogP contribution in [0.15, 0.2) is 30.3 Å². The van der Waals surface area contributed by atoms with E-state index >= 15 is 0 Å². The Bertz CT molecular complexity index is 921. The van der Waals surface area contributed by atoms with Crippen LogP contribution in [0.3, 0.4) is 0 Å². The Morgan fingerprint density at radius 3 is 2.31 bits per heavy atom. The number of nitrogens with zero attached hydrogens (tertiary/aromatic N) is 3. The van der Waals surface area contributed by atoms with Gasteiger partial charge < -0.3 is 26.0 Å². The molecule has 1 aromatic heterocycles. The predicted molar refractivity (Wildman–Crippen MR) is 162 cm³/mol. The van der Waals surface area contributed by atoms with Gasteiger partial charge in [-0.25, -0.2) is 0 Å². The number of rotatable bonds is 12. The monoisotopic (exact) mass is 562 g/mol. The van der Waals surface area contributed by atoms with Gasteiger partial charge in [-0.3, -0.25) is 9.59 Å². The Morgan fingerprint density at radius 2 is 1.82 bits per heavy atom. The van der Waals surface area contributed by atoms with Crippen molar-refractivity contribution < 1.29 is 14.7 Å². The number of anilines is 1. The lowest BCUT2D eigenvalue weighted by Gasteiger charge is -2.27. The van der Waals surface area contributed by atoms with Gasteiger partial charge in [0.1, 0.15) is 23.5 Å². The van der Waals surface area contributed by atoms with Crippen LogP contribution in [0.2, 0.25) is 0 Å². The molecule has 1 aliphatic rings. The van der Waals surface area contributed by atoms with Gasteiger partial charge in [0.15, 0.2) is 0 Å². The number of carbonyl (C=O) groups is 2. The van der Waals surface area contributed by atoms with Gasteiger partial charge in [0, 0.05) is 30.2 Å². The summed E-state index contributed by atoms with van der Waals surface area (Å²) >= 11 is 1.24. The smallest absolute Gasteiger partial charge is 0.245 e. The summed E-state index contributed by atoms with van der Waals surface area (Å²) in [5.74, 6) is 0.939. The van der Waals surface area contributed by atoms with Crippen molar-refractivity contribution in [1.82, 2.24) is 25.1 Å². The molecule has 2 aromatic rings.